The normalized spacial score (nSPS) is 14.2. The van der Waals surface area contributed by atoms with Gasteiger partial charge in [0.25, 0.3) is 0 Å². The van der Waals surface area contributed by atoms with E-state index in [4.69, 9.17) is 22.0 Å². The van der Waals surface area contributed by atoms with Gasteiger partial charge in [0.15, 0.2) is 5.17 Å². The van der Waals surface area contributed by atoms with E-state index in [1.54, 1.807) is 0 Å². The van der Waals surface area contributed by atoms with Gasteiger partial charge in [0, 0.05) is 0 Å². The van der Waals surface area contributed by atoms with Crippen molar-refractivity contribution in [2.24, 2.45) is 10.3 Å². The van der Waals surface area contributed by atoms with Gasteiger partial charge in [-0.1, -0.05) is 21.9 Å². The Hall–Kier alpha value is -0.770. The van der Waals surface area contributed by atoms with Gasteiger partial charge in [-0.2, -0.15) is 0 Å². The highest BCUT2D eigenvalue weighted by Crippen LogP contribution is 1.86. The molecule has 0 saturated heterocycles. The van der Waals surface area contributed by atoms with Crippen LogP contribution in [0, 0.1) is 0 Å². The second-order valence-electron chi connectivity index (χ2n) is 1.08. The standard InChI is InChI=1S/C3H5ClN2O2/c1-2(5-7)3(4)6-8/h7-8H,1H3/b5-2+,6-3+. The molecule has 0 unspecified atom stereocenters. The molecule has 0 aliphatic heterocycles. The van der Waals surface area contributed by atoms with E-state index < -0.39 is 0 Å². The highest BCUT2D eigenvalue weighted by atomic mass is 35.5. The van der Waals surface area contributed by atoms with Gasteiger partial charge in [0.1, 0.15) is 5.71 Å². The van der Waals surface area contributed by atoms with Crippen molar-refractivity contribution in [3.63, 3.8) is 0 Å². The minimum absolute atomic E-state index is 0.0779. The van der Waals surface area contributed by atoms with Gasteiger partial charge in [-0.15, -0.1) is 0 Å². The Morgan fingerprint density at radius 1 is 1.38 bits per heavy atom. The summed E-state index contributed by atoms with van der Waals surface area (Å²) in [5.41, 5.74) is 0.0779. The summed E-state index contributed by atoms with van der Waals surface area (Å²) in [6.45, 7) is 1.40. The molecular weight excluding hydrogens is 131 g/mol. The van der Waals surface area contributed by atoms with Crippen LogP contribution < -0.4 is 0 Å². The van der Waals surface area contributed by atoms with Crippen LogP contribution in [-0.2, 0) is 0 Å². The molecule has 0 atom stereocenters. The summed E-state index contributed by atoms with van der Waals surface area (Å²) in [6.07, 6.45) is 0. The molecule has 0 radical (unpaired) electrons. The van der Waals surface area contributed by atoms with Crippen molar-refractivity contribution in [2.45, 2.75) is 6.92 Å². The topological polar surface area (TPSA) is 65.2 Å². The van der Waals surface area contributed by atoms with Crippen molar-refractivity contribution in [1.29, 1.82) is 0 Å². The third-order valence-corrected chi connectivity index (χ3v) is 0.885. The van der Waals surface area contributed by atoms with Crippen LogP contribution in [0.1, 0.15) is 6.92 Å². The molecule has 2 N–H and O–H groups in total. The number of rotatable bonds is 1. The highest BCUT2D eigenvalue weighted by Gasteiger charge is 1.97. The monoisotopic (exact) mass is 136 g/mol. The fourth-order valence-electron chi connectivity index (χ4n) is 0.114. The van der Waals surface area contributed by atoms with Crippen LogP contribution in [0.3, 0.4) is 0 Å². The molecule has 4 nitrogen and oxygen atoms in total. The lowest BCUT2D eigenvalue weighted by molar-refractivity contribution is 0.315. The Balaban J connectivity index is 4.04. The minimum Gasteiger partial charge on any atom is -0.411 e. The molecule has 0 fully saturated rings. The lowest BCUT2D eigenvalue weighted by Crippen LogP contribution is -2.01. The van der Waals surface area contributed by atoms with E-state index in [0.717, 1.165) is 0 Å². The van der Waals surface area contributed by atoms with Gasteiger partial charge in [-0.05, 0) is 6.92 Å². The maximum atomic E-state index is 7.95. The van der Waals surface area contributed by atoms with Crippen LogP contribution in [0.2, 0.25) is 0 Å². The van der Waals surface area contributed by atoms with Gasteiger partial charge in [0.05, 0.1) is 0 Å². The summed E-state index contributed by atoms with van der Waals surface area (Å²) in [7, 11) is 0. The van der Waals surface area contributed by atoms with Gasteiger partial charge in [-0.25, -0.2) is 0 Å². The van der Waals surface area contributed by atoms with Crippen molar-refractivity contribution in [1.82, 2.24) is 0 Å². The van der Waals surface area contributed by atoms with Gasteiger partial charge < -0.3 is 10.4 Å². The molecule has 8 heavy (non-hydrogen) atoms. The number of hydrogen-bond donors (Lipinski definition) is 2. The fraction of sp³-hybridized carbons (Fsp3) is 0.333. The molecule has 0 aromatic rings. The van der Waals surface area contributed by atoms with Gasteiger partial charge >= 0.3 is 0 Å². The Morgan fingerprint density at radius 3 is 2.00 bits per heavy atom. The molecule has 0 aliphatic rings. The lowest BCUT2D eigenvalue weighted by atomic mass is 10.5. The van der Waals surface area contributed by atoms with E-state index in [2.05, 4.69) is 10.3 Å². The number of hydrogen-bond acceptors (Lipinski definition) is 4. The SMILES string of the molecule is CC(=N\O)/C(Cl)=N\O. The zero-order valence-electron chi connectivity index (χ0n) is 4.17. The summed E-state index contributed by atoms with van der Waals surface area (Å²) >= 11 is 5.13. The quantitative estimate of drug-likeness (QED) is 0.319. The largest absolute Gasteiger partial charge is 0.411 e. The minimum atomic E-state index is -0.215. The lowest BCUT2D eigenvalue weighted by Gasteiger charge is -1.86. The molecule has 0 spiro atoms. The predicted molar refractivity (Wildman–Crippen MR) is 30.0 cm³/mol. The summed E-state index contributed by atoms with van der Waals surface area (Å²) < 4.78 is 0. The second-order valence-corrected chi connectivity index (χ2v) is 1.43. The molecular formula is C3H5ClN2O2. The van der Waals surface area contributed by atoms with Crippen molar-refractivity contribution >= 4 is 22.5 Å². The third kappa shape index (κ3) is 1.79. The van der Waals surface area contributed by atoms with E-state index in [9.17, 15) is 0 Å². The number of nitrogens with zero attached hydrogens (tertiary/aromatic N) is 2. The molecule has 0 bridgehead atoms. The molecule has 46 valence electrons. The number of oxime groups is 2. The molecule has 0 rings (SSSR count). The van der Waals surface area contributed by atoms with E-state index in [-0.39, 0.29) is 10.9 Å². The van der Waals surface area contributed by atoms with Crippen LogP contribution >= 0.6 is 11.6 Å². The van der Waals surface area contributed by atoms with Crippen molar-refractivity contribution in [3.8, 4) is 0 Å². The molecule has 0 saturated carbocycles. The maximum absolute atomic E-state index is 7.95. The van der Waals surface area contributed by atoms with E-state index in [1.807, 2.05) is 0 Å². The average molecular weight is 137 g/mol. The van der Waals surface area contributed by atoms with E-state index >= 15 is 0 Å². The molecule has 0 aromatic heterocycles. The van der Waals surface area contributed by atoms with Gasteiger partial charge in [0.2, 0.25) is 0 Å². The van der Waals surface area contributed by atoms with Crippen LogP contribution in [0.5, 0.6) is 0 Å². The van der Waals surface area contributed by atoms with Crippen LogP contribution in [0.25, 0.3) is 0 Å². The Kier molecular flexibility index (Phi) is 2.95. The predicted octanol–water partition coefficient (Wildman–Crippen LogP) is 0.863. The smallest absolute Gasteiger partial charge is 0.192 e. The summed E-state index contributed by atoms with van der Waals surface area (Å²) in [6, 6.07) is 0. The summed E-state index contributed by atoms with van der Waals surface area (Å²) in [5, 5.41) is 20.8. The highest BCUT2D eigenvalue weighted by molar-refractivity contribution is 6.83. The first-order valence-corrected chi connectivity index (χ1v) is 2.16. The van der Waals surface area contributed by atoms with Crippen molar-refractivity contribution in [2.75, 3.05) is 0 Å². The molecule has 0 amide bonds. The first-order valence-electron chi connectivity index (χ1n) is 1.79. The Labute approximate surface area is 51.1 Å². The van der Waals surface area contributed by atoms with E-state index in [1.165, 1.54) is 6.92 Å². The summed E-state index contributed by atoms with van der Waals surface area (Å²) in [4.78, 5) is 0. The first kappa shape index (κ1) is 7.23. The first-order chi connectivity index (χ1) is 3.72. The Bertz CT molecular complexity index is 115. The molecule has 0 aliphatic carbocycles. The zero-order chi connectivity index (χ0) is 6.57. The van der Waals surface area contributed by atoms with Crippen LogP contribution in [0.15, 0.2) is 10.3 Å². The fourth-order valence-corrected chi connectivity index (χ4v) is 0.151. The third-order valence-electron chi connectivity index (χ3n) is 0.536. The van der Waals surface area contributed by atoms with Crippen molar-refractivity contribution in [3.05, 3.63) is 0 Å². The zero-order valence-corrected chi connectivity index (χ0v) is 4.92. The van der Waals surface area contributed by atoms with Gasteiger partial charge in [-0.3, -0.25) is 0 Å². The molecule has 0 heterocycles. The molecule has 0 aromatic carbocycles. The maximum Gasteiger partial charge on any atom is 0.192 e. The second kappa shape index (κ2) is 3.26. The Morgan fingerprint density at radius 2 is 1.88 bits per heavy atom. The van der Waals surface area contributed by atoms with E-state index in [0.29, 0.717) is 0 Å². The van der Waals surface area contributed by atoms with Crippen LogP contribution in [-0.4, -0.2) is 21.3 Å². The van der Waals surface area contributed by atoms with Crippen molar-refractivity contribution < 1.29 is 10.4 Å². The number of halogens is 1. The average Bonchev–Trinajstić information content (AvgIpc) is 1.84. The molecule has 5 heteroatoms. The summed E-state index contributed by atoms with van der Waals surface area (Å²) in [5.74, 6) is 0. The van der Waals surface area contributed by atoms with Crippen LogP contribution in [0.4, 0.5) is 0 Å².